The lowest BCUT2D eigenvalue weighted by Gasteiger charge is -1.86. The topological polar surface area (TPSA) is 26.9 Å². The Hall–Kier alpha value is -0.920. The minimum atomic E-state index is 0.719. The van der Waals surface area contributed by atoms with Crippen LogP contribution >= 0.6 is 0 Å². The average molecular weight is 95.1 g/mol. The summed E-state index contributed by atoms with van der Waals surface area (Å²) in [5.74, 6) is 0. The van der Waals surface area contributed by atoms with E-state index >= 15 is 0 Å². The number of nitrogens with zero attached hydrogens (tertiary/aromatic N) is 1. The minimum absolute atomic E-state index is 0.719. The number of hydrogen-bond donors (Lipinski definition) is 1. The zero-order chi connectivity index (χ0) is 5.11. The van der Waals surface area contributed by atoms with Crippen LogP contribution < -0.4 is 0 Å². The molecule has 2 nitrogen and oxygen atoms in total. The van der Waals surface area contributed by atoms with Crippen molar-refractivity contribution in [3.05, 3.63) is 24.4 Å². The van der Waals surface area contributed by atoms with Gasteiger partial charge in [-0.25, -0.2) is 0 Å². The second-order valence-corrected chi connectivity index (χ2v) is 1.42. The molecule has 0 aromatic rings. The van der Waals surface area contributed by atoms with E-state index in [2.05, 4.69) is 0 Å². The van der Waals surface area contributed by atoms with Gasteiger partial charge in [-0.3, -0.25) is 0 Å². The summed E-state index contributed by atoms with van der Waals surface area (Å²) in [6, 6.07) is 0. The number of rotatable bonds is 0. The molecule has 0 saturated heterocycles. The van der Waals surface area contributed by atoms with Gasteiger partial charge in [-0.05, 0) is 6.08 Å². The Bertz CT molecular complexity index is 133. The molecule has 0 aromatic heterocycles. The zero-order valence-electron chi connectivity index (χ0n) is 3.96. The molecule has 0 unspecified atom stereocenters. The summed E-state index contributed by atoms with van der Waals surface area (Å²) in [6.45, 7) is 0.719. The predicted molar refractivity (Wildman–Crippen MR) is 26.1 cm³/mol. The summed E-state index contributed by atoms with van der Waals surface area (Å²) in [6.07, 6.45) is 7.44. The van der Waals surface area contributed by atoms with Gasteiger partial charge in [0.25, 0.3) is 0 Å². The molecule has 0 bridgehead atoms. The molecular formula is C5H7N2+. The maximum Gasteiger partial charge on any atom is 0.195 e. The molecule has 2 heteroatoms. The normalized spacial score (nSPS) is 18.0. The van der Waals surface area contributed by atoms with Crippen LogP contribution in [-0.4, -0.2) is 11.2 Å². The van der Waals surface area contributed by atoms with E-state index < -0.39 is 0 Å². The lowest BCUT2D eigenvalue weighted by molar-refractivity contribution is -0.542. The third kappa shape index (κ3) is 0.961. The second-order valence-electron chi connectivity index (χ2n) is 1.42. The summed E-state index contributed by atoms with van der Waals surface area (Å²) in [5.41, 5.74) is 6.97. The van der Waals surface area contributed by atoms with Gasteiger partial charge in [-0.15, -0.1) is 0 Å². The monoisotopic (exact) mass is 95.1 g/mol. The van der Waals surface area contributed by atoms with E-state index in [1.807, 2.05) is 18.2 Å². The fourth-order valence-corrected chi connectivity index (χ4v) is 0.467. The van der Waals surface area contributed by atoms with Crippen LogP contribution in [0, 0.1) is 5.53 Å². The lowest BCUT2D eigenvalue weighted by Crippen LogP contribution is -1.99. The third-order valence-corrected chi connectivity index (χ3v) is 0.815. The third-order valence-electron chi connectivity index (χ3n) is 0.815. The maximum absolute atomic E-state index is 6.97. The summed E-state index contributed by atoms with van der Waals surface area (Å²) in [5, 5.41) is 0. The summed E-state index contributed by atoms with van der Waals surface area (Å²) in [7, 11) is 0. The summed E-state index contributed by atoms with van der Waals surface area (Å²) >= 11 is 0. The minimum Gasteiger partial charge on any atom is -0.0949 e. The molecule has 0 saturated carbocycles. The van der Waals surface area contributed by atoms with Crippen LogP contribution in [0.5, 0.6) is 0 Å². The van der Waals surface area contributed by atoms with Gasteiger partial charge < -0.3 is 0 Å². The quantitative estimate of drug-likeness (QED) is 0.436. The number of nitrogens with one attached hydrogen (secondary N) is 1. The summed E-state index contributed by atoms with van der Waals surface area (Å²) < 4.78 is 1.38. The zero-order valence-corrected chi connectivity index (χ0v) is 3.96. The molecule has 0 aromatic carbocycles. The van der Waals surface area contributed by atoms with Gasteiger partial charge in [-0.2, -0.15) is 0 Å². The molecule has 7 heavy (non-hydrogen) atoms. The molecule has 1 heterocycles. The number of allylic oxidation sites excluding steroid dienone is 2. The van der Waals surface area contributed by atoms with E-state index in [1.165, 1.54) is 4.70 Å². The van der Waals surface area contributed by atoms with Gasteiger partial charge in [0.1, 0.15) is 0 Å². The van der Waals surface area contributed by atoms with Crippen LogP contribution in [0.25, 0.3) is 0 Å². The molecular weight excluding hydrogens is 88.1 g/mol. The Morgan fingerprint density at radius 2 is 2.29 bits per heavy atom. The van der Waals surface area contributed by atoms with E-state index in [1.54, 1.807) is 6.20 Å². The second kappa shape index (κ2) is 1.69. The van der Waals surface area contributed by atoms with Crippen molar-refractivity contribution in [3.63, 3.8) is 0 Å². The van der Waals surface area contributed by atoms with E-state index in [0.717, 1.165) is 6.54 Å². The van der Waals surface area contributed by atoms with Crippen LogP contribution in [-0.2, 0) is 0 Å². The molecule has 0 aliphatic carbocycles. The van der Waals surface area contributed by atoms with Crippen LogP contribution in [0.1, 0.15) is 0 Å². The van der Waals surface area contributed by atoms with Gasteiger partial charge in [0.2, 0.25) is 0 Å². The van der Waals surface area contributed by atoms with Crippen molar-refractivity contribution in [1.29, 1.82) is 5.53 Å². The number of hydrogen-bond acceptors (Lipinski definition) is 1. The van der Waals surface area contributed by atoms with Gasteiger partial charge in [0.05, 0.1) is 0 Å². The van der Waals surface area contributed by atoms with E-state index in [4.69, 9.17) is 5.53 Å². The molecule has 1 N–H and O–H groups in total. The van der Waals surface area contributed by atoms with Crippen LogP contribution in [0.4, 0.5) is 0 Å². The molecule has 0 spiro atoms. The van der Waals surface area contributed by atoms with Gasteiger partial charge in [0, 0.05) is 6.08 Å². The Balaban J connectivity index is 2.66. The van der Waals surface area contributed by atoms with Crippen molar-refractivity contribution in [2.45, 2.75) is 0 Å². The smallest absolute Gasteiger partial charge is 0.0949 e. The Morgan fingerprint density at radius 1 is 1.43 bits per heavy atom. The molecule has 1 rings (SSSR count). The first-order valence-electron chi connectivity index (χ1n) is 2.21. The maximum atomic E-state index is 6.97. The Morgan fingerprint density at radius 3 is 2.57 bits per heavy atom. The lowest BCUT2D eigenvalue weighted by atomic mass is 10.4. The van der Waals surface area contributed by atoms with Gasteiger partial charge >= 0.3 is 0 Å². The molecule has 0 atom stereocenters. The van der Waals surface area contributed by atoms with Crippen LogP contribution in [0.2, 0.25) is 0 Å². The highest BCUT2D eigenvalue weighted by atomic mass is 15.1. The van der Waals surface area contributed by atoms with Crippen LogP contribution in [0.3, 0.4) is 0 Å². The average Bonchev–Trinajstić information content (AvgIpc) is 1.69. The summed E-state index contributed by atoms with van der Waals surface area (Å²) in [4.78, 5) is 0. The highest BCUT2D eigenvalue weighted by Crippen LogP contribution is 1.87. The molecule has 1 aliphatic rings. The Labute approximate surface area is 42.3 Å². The highest BCUT2D eigenvalue weighted by molar-refractivity contribution is 5.01. The molecule has 0 amide bonds. The predicted octanol–water partition coefficient (Wildman–Crippen LogP) is 1.11. The molecule has 0 fully saturated rings. The highest BCUT2D eigenvalue weighted by Gasteiger charge is 1.94. The first-order valence-corrected chi connectivity index (χ1v) is 2.21. The standard InChI is InChI=1S/C5H7N2/c6-7-4-2-1-3-5-7/h1-4,6H,5H2/q+1. The molecule has 36 valence electrons. The van der Waals surface area contributed by atoms with Gasteiger partial charge in [-0.1, -0.05) is 16.3 Å². The fourth-order valence-electron chi connectivity index (χ4n) is 0.467. The van der Waals surface area contributed by atoms with E-state index in [9.17, 15) is 0 Å². The van der Waals surface area contributed by atoms with Crippen LogP contribution in [0.15, 0.2) is 24.4 Å². The first-order chi connectivity index (χ1) is 3.39. The van der Waals surface area contributed by atoms with Gasteiger partial charge in [0.15, 0.2) is 12.7 Å². The largest absolute Gasteiger partial charge is 0.195 e. The van der Waals surface area contributed by atoms with E-state index in [0.29, 0.717) is 0 Å². The van der Waals surface area contributed by atoms with Crippen molar-refractivity contribution in [3.8, 4) is 0 Å². The van der Waals surface area contributed by atoms with Crippen molar-refractivity contribution in [2.24, 2.45) is 0 Å². The SMILES string of the molecule is N=[N+]1C=CC=CC1. The van der Waals surface area contributed by atoms with Crippen molar-refractivity contribution < 1.29 is 4.70 Å². The van der Waals surface area contributed by atoms with Crippen molar-refractivity contribution >= 4 is 0 Å². The first kappa shape index (κ1) is 4.24. The van der Waals surface area contributed by atoms with E-state index in [-0.39, 0.29) is 0 Å². The molecule has 1 aliphatic heterocycles. The van der Waals surface area contributed by atoms with Crippen molar-refractivity contribution in [2.75, 3.05) is 6.54 Å². The van der Waals surface area contributed by atoms with Crippen molar-refractivity contribution in [1.82, 2.24) is 0 Å². The fraction of sp³-hybridized carbons (Fsp3) is 0.200. The Kier molecular flexibility index (Phi) is 1.02. The molecule has 0 radical (unpaired) electrons.